The quantitative estimate of drug-likeness (QED) is 0.600. The minimum absolute atomic E-state index is 0.617. The molecule has 0 amide bonds. The number of hydrogen-bond donors (Lipinski definition) is 2. The van der Waals surface area contributed by atoms with E-state index in [1.54, 1.807) is 34.4 Å². The van der Waals surface area contributed by atoms with E-state index in [2.05, 4.69) is 31.2 Å². The second-order valence-electron chi connectivity index (χ2n) is 5.22. The van der Waals surface area contributed by atoms with Crippen LogP contribution in [0.25, 0.3) is 0 Å². The molecule has 23 heavy (non-hydrogen) atoms. The molecule has 0 bridgehead atoms. The number of para-hydroxylation sites is 1. The van der Waals surface area contributed by atoms with Crippen LogP contribution in [0.2, 0.25) is 0 Å². The van der Waals surface area contributed by atoms with E-state index < -0.39 is 0 Å². The van der Waals surface area contributed by atoms with E-state index in [1.807, 2.05) is 30.3 Å². The van der Waals surface area contributed by atoms with Gasteiger partial charge < -0.3 is 10.6 Å². The lowest BCUT2D eigenvalue weighted by Crippen LogP contribution is -1.99. The molecule has 8 heteroatoms. The van der Waals surface area contributed by atoms with Gasteiger partial charge in [0, 0.05) is 22.9 Å². The number of nitrogens with zero attached hydrogens (tertiary/aromatic N) is 3. The summed E-state index contributed by atoms with van der Waals surface area (Å²) in [5.74, 6) is 0.811. The average molecular weight is 362 g/mol. The number of thiazole rings is 1. The molecular weight excluding hydrogens is 346 g/mol. The molecule has 1 aliphatic carbocycles. The van der Waals surface area contributed by atoms with Crippen molar-refractivity contribution in [1.29, 1.82) is 0 Å². The van der Waals surface area contributed by atoms with Crippen molar-refractivity contribution in [1.82, 2.24) is 15.2 Å². The third-order valence-corrected chi connectivity index (χ3v) is 6.06. The van der Waals surface area contributed by atoms with Gasteiger partial charge in [0.1, 0.15) is 0 Å². The highest BCUT2D eigenvalue weighted by molar-refractivity contribution is 8.00. The average Bonchev–Trinajstić information content (AvgIpc) is 3.08. The van der Waals surface area contributed by atoms with Gasteiger partial charge in [-0.3, -0.25) is 0 Å². The van der Waals surface area contributed by atoms with Gasteiger partial charge in [-0.2, -0.15) is 0 Å². The fraction of sp³-hybridized carbons (Fsp3) is 0.267. The standard InChI is InChI=1S/C15H15N5S3/c1-2-4-10(5-3-1)16-13-18-12(8-21-13)9-22-15-20-19-14(23-15)17-11-6-7-11/h1-5,8,11H,6-7,9H2,(H,16,18)(H,17,19). The number of anilines is 3. The Morgan fingerprint density at radius 3 is 2.83 bits per heavy atom. The molecule has 5 nitrogen and oxygen atoms in total. The molecule has 0 atom stereocenters. The summed E-state index contributed by atoms with van der Waals surface area (Å²) >= 11 is 4.92. The summed E-state index contributed by atoms with van der Waals surface area (Å²) in [4.78, 5) is 4.61. The minimum Gasteiger partial charge on any atom is -0.357 e. The Kier molecular flexibility index (Phi) is 4.45. The van der Waals surface area contributed by atoms with Crippen LogP contribution in [0.4, 0.5) is 16.0 Å². The van der Waals surface area contributed by atoms with Crippen LogP contribution in [0.3, 0.4) is 0 Å². The third-order valence-electron chi connectivity index (χ3n) is 3.23. The molecule has 2 aromatic heterocycles. The van der Waals surface area contributed by atoms with Crippen LogP contribution in [0.1, 0.15) is 18.5 Å². The molecule has 2 N–H and O–H groups in total. The predicted molar refractivity (Wildman–Crippen MR) is 98.0 cm³/mol. The Hall–Kier alpha value is -1.64. The zero-order valence-electron chi connectivity index (χ0n) is 12.2. The first kappa shape index (κ1) is 14.9. The molecule has 2 heterocycles. The summed E-state index contributed by atoms with van der Waals surface area (Å²) in [6, 6.07) is 10.7. The summed E-state index contributed by atoms with van der Waals surface area (Å²) in [7, 11) is 0. The number of hydrogen-bond acceptors (Lipinski definition) is 8. The minimum atomic E-state index is 0.617. The van der Waals surface area contributed by atoms with Gasteiger partial charge in [-0.15, -0.1) is 21.5 Å². The second-order valence-corrected chi connectivity index (χ2v) is 8.27. The molecule has 3 aromatic rings. The second kappa shape index (κ2) is 6.86. The fourth-order valence-electron chi connectivity index (χ4n) is 1.94. The van der Waals surface area contributed by atoms with E-state index in [0.717, 1.165) is 31.7 Å². The lowest BCUT2D eigenvalue weighted by molar-refractivity contribution is 0.994. The van der Waals surface area contributed by atoms with Gasteiger partial charge in [0.05, 0.1) is 5.69 Å². The molecular formula is C15H15N5S3. The van der Waals surface area contributed by atoms with Crippen molar-refractivity contribution in [2.45, 2.75) is 29.0 Å². The summed E-state index contributed by atoms with van der Waals surface area (Å²) in [6.07, 6.45) is 2.50. The molecule has 0 saturated heterocycles. The van der Waals surface area contributed by atoms with Gasteiger partial charge >= 0.3 is 0 Å². The molecule has 0 radical (unpaired) electrons. The molecule has 0 spiro atoms. The van der Waals surface area contributed by atoms with Crippen molar-refractivity contribution in [3.63, 3.8) is 0 Å². The molecule has 0 aliphatic heterocycles. The first-order valence-electron chi connectivity index (χ1n) is 7.34. The van der Waals surface area contributed by atoms with Crippen LogP contribution in [0.5, 0.6) is 0 Å². The zero-order valence-corrected chi connectivity index (χ0v) is 14.7. The molecule has 1 aliphatic rings. The van der Waals surface area contributed by atoms with Gasteiger partial charge in [0.25, 0.3) is 0 Å². The third kappa shape index (κ3) is 4.21. The number of nitrogens with one attached hydrogen (secondary N) is 2. The molecule has 118 valence electrons. The van der Waals surface area contributed by atoms with E-state index in [4.69, 9.17) is 0 Å². The Balaban J connectivity index is 1.31. The van der Waals surface area contributed by atoms with Gasteiger partial charge in [-0.1, -0.05) is 41.3 Å². The first-order chi connectivity index (χ1) is 11.3. The maximum absolute atomic E-state index is 4.61. The topological polar surface area (TPSA) is 62.7 Å². The van der Waals surface area contributed by atoms with Crippen molar-refractivity contribution < 1.29 is 0 Å². The molecule has 1 fully saturated rings. The van der Waals surface area contributed by atoms with Crippen molar-refractivity contribution in [3.05, 3.63) is 41.4 Å². The summed E-state index contributed by atoms with van der Waals surface area (Å²) in [6.45, 7) is 0. The number of benzene rings is 1. The van der Waals surface area contributed by atoms with Crippen LogP contribution in [0, 0.1) is 0 Å². The molecule has 0 unspecified atom stereocenters. The summed E-state index contributed by atoms with van der Waals surface area (Å²) in [5, 5.41) is 19.0. The summed E-state index contributed by atoms with van der Waals surface area (Å²) < 4.78 is 0.985. The maximum atomic E-state index is 4.61. The number of rotatable bonds is 7. The highest BCUT2D eigenvalue weighted by Gasteiger charge is 2.22. The SMILES string of the molecule is c1ccc(Nc2nc(CSc3nnc(NC4CC4)s3)cs2)cc1. The number of aromatic nitrogens is 3. The van der Waals surface area contributed by atoms with Gasteiger partial charge in [-0.05, 0) is 25.0 Å². The zero-order chi connectivity index (χ0) is 15.5. The van der Waals surface area contributed by atoms with Crippen LogP contribution in [-0.2, 0) is 5.75 Å². The largest absolute Gasteiger partial charge is 0.357 e. The molecule has 1 aromatic carbocycles. The van der Waals surface area contributed by atoms with Gasteiger partial charge in [0.2, 0.25) is 5.13 Å². The van der Waals surface area contributed by atoms with Gasteiger partial charge in [-0.25, -0.2) is 4.98 Å². The monoisotopic (exact) mass is 361 g/mol. The van der Waals surface area contributed by atoms with E-state index in [1.165, 1.54) is 12.8 Å². The van der Waals surface area contributed by atoms with Crippen molar-refractivity contribution in [2.24, 2.45) is 0 Å². The van der Waals surface area contributed by atoms with Crippen molar-refractivity contribution >= 4 is 50.4 Å². The summed E-state index contributed by atoms with van der Waals surface area (Å²) in [5.41, 5.74) is 2.12. The maximum Gasteiger partial charge on any atom is 0.206 e. The van der Waals surface area contributed by atoms with Crippen LogP contribution in [-0.4, -0.2) is 21.2 Å². The smallest absolute Gasteiger partial charge is 0.206 e. The van der Waals surface area contributed by atoms with Crippen molar-refractivity contribution in [2.75, 3.05) is 10.6 Å². The molecule has 1 saturated carbocycles. The van der Waals surface area contributed by atoms with E-state index >= 15 is 0 Å². The Morgan fingerprint density at radius 1 is 1.13 bits per heavy atom. The Bertz CT molecular complexity index is 766. The normalized spacial score (nSPS) is 13.9. The van der Waals surface area contributed by atoms with Crippen LogP contribution in [0.15, 0.2) is 40.1 Å². The van der Waals surface area contributed by atoms with Crippen molar-refractivity contribution in [3.8, 4) is 0 Å². The van der Waals surface area contributed by atoms with Gasteiger partial charge in [0.15, 0.2) is 9.47 Å². The highest BCUT2D eigenvalue weighted by atomic mass is 32.2. The van der Waals surface area contributed by atoms with E-state index in [9.17, 15) is 0 Å². The number of thioether (sulfide) groups is 1. The fourth-order valence-corrected chi connectivity index (χ4v) is 4.50. The predicted octanol–water partition coefficient (Wildman–Crippen LogP) is 4.60. The Morgan fingerprint density at radius 2 is 2.00 bits per heavy atom. The lowest BCUT2D eigenvalue weighted by Gasteiger charge is -2.00. The van der Waals surface area contributed by atoms with E-state index in [-0.39, 0.29) is 0 Å². The highest BCUT2D eigenvalue weighted by Crippen LogP contribution is 2.32. The van der Waals surface area contributed by atoms with Crippen LogP contribution < -0.4 is 10.6 Å². The van der Waals surface area contributed by atoms with E-state index in [0.29, 0.717) is 6.04 Å². The molecule has 4 rings (SSSR count). The van der Waals surface area contributed by atoms with Crippen LogP contribution >= 0.6 is 34.4 Å². The Labute approximate surface area is 146 Å². The lowest BCUT2D eigenvalue weighted by atomic mass is 10.3. The first-order valence-corrected chi connectivity index (χ1v) is 10.0.